The summed E-state index contributed by atoms with van der Waals surface area (Å²) in [6.45, 7) is 3.38. The Kier molecular flexibility index (Phi) is 7.89. The van der Waals surface area contributed by atoms with Crippen LogP contribution in [0.3, 0.4) is 0 Å². The normalized spacial score (nSPS) is 10.5. The van der Waals surface area contributed by atoms with Gasteiger partial charge in [-0.3, -0.25) is 4.79 Å². The van der Waals surface area contributed by atoms with E-state index < -0.39 is 18.5 Å². The highest BCUT2D eigenvalue weighted by molar-refractivity contribution is 7.17. The molecule has 1 heterocycles. The molecule has 9 heteroatoms. The number of thiazole rings is 1. The van der Waals surface area contributed by atoms with Gasteiger partial charge in [0, 0.05) is 23.4 Å². The van der Waals surface area contributed by atoms with Gasteiger partial charge >= 0.3 is 5.97 Å². The van der Waals surface area contributed by atoms with E-state index in [1.807, 2.05) is 24.3 Å². The van der Waals surface area contributed by atoms with Crippen LogP contribution in [0.2, 0.25) is 0 Å². The lowest BCUT2D eigenvalue weighted by atomic mass is 10.1. The van der Waals surface area contributed by atoms with Crippen LogP contribution in [0.1, 0.15) is 27.9 Å². The highest BCUT2D eigenvalue weighted by atomic mass is 32.1. The summed E-state index contributed by atoms with van der Waals surface area (Å²) in [7, 11) is 4.45. The molecular weight excluding hydrogens is 444 g/mol. The summed E-state index contributed by atoms with van der Waals surface area (Å²) >= 11 is 1.24. The largest absolute Gasteiger partial charge is 0.493 e. The van der Waals surface area contributed by atoms with Gasteiger partial charge in [0.25, 0.3) is 5.91 Å². The van der Waals surface area contributed by atoms with E-state index in [1.165, 1.54) is 38.2 Å². The Balaban J connectivity index is 1.65. The van der Waals surface area contributed by atoms with Crippen LogP contribution in [0.5, 0.6) is 17.2 Å². The first-order valence-corrected chi connectivity index (χ1v) is 11.1. The first kappa shape index (κ1) is 24.1. The molecular formula is C24H26N2O6S. The van der Waals surface area contributed by atoms with Gasteiger partial charge in [0.2, 0.25) is 5.75 Å². The Morgan fingerprint density at radius 3 is 2.18 bits per heavy atom. The van der Waals surface area contributed by atoms with Crippen LogP contribution in [0.25, 0.3) is 10.6 Å². The second kappa shape index (κ2) is 10.8. The molecule has 174 valence electrons. The second-order valence-corrected chi connectivity index (χ2v) is 8.02. The van der Waals surface area contributed by atoms with E-state index in [1.54, 1.807) is 19.1 Å². The Morgan fingerprint density at radius 2 is 1.64 bits per heavy atom. The molecule has 0 fully saturated rings. The zero-order valence-electron chi connectivity index (χ0n) is 19.2. The number of ether oxygens (including phenoxy) is 4. The number of esters is 1. The summed E-state index contributed by atoms with van der Waals surface area (Å²) < 4.78 is 21.0. The first-order chi connectivity index (χ1) is 15.9. The minimum atomic E-state index is -0.596. The Bertz CT molecular complexity index is 1120. The number of aryl methyl sites for hydroxylation is 2. The topological polar surface area (TPSA) is 96.0 Å². The fourth-order valence-electron chi connectivity index (χ4n) is 3.14. The van der Waals surface area contributed by atoms with Crippen LogP contribution in [-0.2, 0) is 16.0 Å². The lowest BCUT2D eigenvalue weighted by molar-refractivity contribution is -0.119. The van der Waals surface area contributed by atoms with Crippen molar-refractivity contribution in [2.45, 2.75) is 20.3 Å². The van der Waals surface area contributed by atoms with E-state index >= 15 is 0 Å². The Morgan fingerprint density at radius 1 is 1.00 bits per heavy atom. The van der Waals surface area contributed by atoms with Gasteiger partial charge in [-0.25, -0.2) is 9.78 Å². The molecule has 3 rings (SSSR count). The van der Waals surface area contributed by atoms with Crippen molar-refractivity contribution in [3.63, 3.8) is 0 Å². The number of hydrogen-bond acceptors (Lipinski definition) is 8. The van der Waals surface area contributed by atoms with Gasteiger partial charge in [-0.05, 0) is 18.9 Å². The number of methoxy groups -OCH3 is 3. The molecule has 0 bridgehead atoms. The molecule has 0 spiro atoms. The molecule has 1 aromatic heterocycles. The molecule has 0 atom stereocenters. The number of hydrogen-bond donors (Lipinski definition) is 1. The number of carbonyl (C=O) groups excluding carboxylic acids is 2. The van der Waals surface area contributed by atoms with Gasteiger partial charge in [0.1, 0.15) is 9.88 Å². The fraction of sp³-hybridized carbons (Fsp3) is 0.292. The fourth-order valence-corrected chi connectivity index (χ4v) is 4.10. The molecule has 0 saturated carbocycles. The van der Waals surface area contributed by atoms with Crippen molar-refractivity contribution in [3.8, 4) is 27.8 Å². The van der Waals surface area contributed by atoms with Gasteiger partial charge in [0.05, 0.1) is 27.0 Å². The van der Waals surface area contributed by atoms with E-state index in [0.717, 1.165) is 17.0 Å². The van der Waals surface area contributed by atoms with Gasteiger partial charge in [-0.2, -0.15) is 0 Å². The lowest BCUT2D eigenvalue weighted by Crippen LogP contribution is -2.21. The van der Waals surface area contributed by atoms with Gasteiger partial charge in [0.15, 0.2) is 18.1 Å². The summed E-state index contributed by atoms with van der Waals surface area (Å²) in [6, 6.07) is 11.2. The van der Waals surface area contributed by atoms with Crippen LogP contribution in [0.4, 0.5) is 5.69 Å². The number of anilines is 1. The second-order valence-electron chi connectivity index (χ2n) is 7.02. The number of rotatable bonds is 9. The van der Waals surface area contributed by atoms with E-state index in [4.69, 9.17) is 18.9 Å². The summed E-state index contributed by atoms with van der Waals surface area (Å²) in [5, 5.41) is 3.39. The molecule has 1 N–H and O–H groups in total. The predicted molar refractivity (Wildman–Crippen MR) is 127 cm³/mol. The summed E-state index contributed by atoms with van der Waals surface area (Å²) in [5.74, 6) is 0.0923. The molecule has 2 aromatic carbocycles. The average molecular weight is 471 g/mol. The predicted octanol–water partition coefficient (Wildman–Crippen LogP) is 4.50. The maximum absolute atomic E-state index is 12.6. The quantitative estimate of drug-likeness (QED) is 0.460. The third-order valence-corrected chi connectivity index (χ3v) is 6.06. The van der Waals surface area contributed by atoms with E-state index in [0.29, 0.717) is 33.5 Å². The SMILES string of the molecule is CCc1ccc(-c2nc(C)c(C(=O)OCC(=O)Nc3cc(OC)c(OC)c(OC)c3)s2)cc1. The first-order valence-electron chi connectivity index (χ1n) is 10.2. The van der Waals surface area contributed by atoms with Crippen molar-refractivity contribution < 1.29 is 28.5 Å². The molecule has 0 saturated heterocycles. The highest BCUT2D eigenvalue weighted by Crippen LogP contribution is 2.39. The maximum Gasteiger partial charge on any atom is 0.350 e. The van der Waals surface area contributed by atoms with Crippen molar-refractivity contribution in [1.82, 2.24) is 4.98 Å². The Labute approximate surface area is 196 Å². The van der Waals surface area contributed by atoms with Crippen LogP contribution in [-0.4, -0.2) is 44.8 Å². The minimum absolute atomic E-state index is 0.366. The number of nitrogens with one attached hydrogen (secondary N) is 1. The Hall–Kier alpha value is -3.59. The van der Waals surface area contributed by atoms with Crippen LogP contribution in [0, 0.1) is 6.92 Å². The van der Waals surface area contributed by atoms with Crippen LogP contribution in [0.15, 0.2) is 36.4 Å². The van der Waals surface area contributed by atoms with E-state index in [-0.39, 0.29) is 0 Å². The summed E-state index contributed by atoms with van der Waals surface area (Å²) in [6.07, 6.45) is 0.951. The highest BCUT2D eigenvalue weighted by Gasteiger charge is 2.20. The maximum atomic E-state index is 12.6. The van der Waals surface area contributed by atoms with Crippen molar-refractivity contribution >= 4 is 28.9 Å². The number of carbonyl (C=O) groups is 2. The van der Waals surface area contributed by atoms with Crippen LogP contribution >= 0.6 is 11.3 Å². The van der Waals surface area contributed by atoms with Gasteiger partial charge < -0.3 is 24.3 Å². The molecule has 3 aromatic rings. The number of aromatic nitrogens is 1. The summed E-state index contributed by atoms with van der Waals surface area (Å²) in [5.41, 5.74) is 3.13. The number of nitrogens with zero attached hydrogens (tertiary/aromatic N) is 1. The van der Waals surface area contributed by atoms with Crippen LogP contribution < -0.4 is 19.5 Å². The zero-order chi connectivity index (χ0) is 24.0. The van der Waals surface area contributed by atoms with Crippen molar-refractivity contribution in [2.24, 2.45) is 0 Å². The number of benzene rings is 2. The number of amides is 1. The molecule has 0 aliphatic heterocycles. The van der Waals surface area contributed by atoms with Crippen molar-refractivity contribution in [2.75, 3.05) is 33.3 Å². The van der Waals surface area contributed by atoms with E-state index in [2.05, 4.69) is 17.2 Å². The standard InChI is InChI=1S/C24H26N2O6S/c1-6-15-7-9-16(10-8-15)23-25-14(2)22(33-23)24(28)32-13-20(27)26-17-11-18(29-3)21(31-5)19(12-17)30-4/h7-12H,6,13H2,1-5H3,(H,26,27). The smallest absolute Gasteiger partial charge is 0.350 e. The molecule has 0 radical (unpaired) electrons. The molecule has 1 amide bonds. The zero-order valence-corrected chi connectivity index (χ0v) is 20.0. The molecule has 0 aliphatic carbocycles. The molecule has 0 unspecified atom stereocenters. The molecule has 33 heavy (non-hydrogen) atoms. The van der Waals surface area contributed by atoms with Gasteiger partial charge in [-0.1, -0.05) is 31.2 Å². The third-order valence-electron chi connectivity index (χ3n) is 4.87. The van der Waals surface area contributed by atoms with Crippen molar-refractivity contribution in [3.05, 3.63) is 52.5 Å². The summed E-state index contributed by atoms with van der Waals surface area (Å²) in [4.78, 5) is 29.8. The van der Waals surface area contributed by atoms with Gasteiger partial charge in [-0.15, -0.1) is 11.3 Å². The lowest BCUT2D eigenvalue weighted by Gasteiger charge is -2.14. The average Bonchev–Trinajstić information content (AvgIpc) is 3.23. The third kappa shape index (κ3) is 5.61. The molecule has 8 nitrogen and oxygen atoms in total. The van der Waals surface area contributed by atoms with Crippen molar-refractivity contribution in [1.29, 1.82) is 0 Å². The monoisotopic (exact) mass is 470 g/mol. The van der Waals surface area contributed by atoms with E-state index in [9.17, 15) is 9.59 Å². The molecule has 0 aliphatic rings. The minimum Gasteiger partial charge on any atom is -0.493 e.